The molecule has 0 saturated heterocycles. The van der Waals surface area contributed by atoms with Crippen LogP contribution in [0.5, 0.6) is 5.75 Å². The van der Waals surface area contributed by atoms with E-state index in [1.807, 2.05) is 24.4 Å². The Morgan fingerprint density at radius 2 is 1.81 bits per heavy atom. The molecular weight excluding hydrogens is 260 g/mol. The highest BCUT2D eigenvalue weighted by Gasteiger charge is 2.08. The van der Waals surface area contributed by atoms with Gasteiger partial charge in [-0.05, 0) is 18.6 Å². The summed E-state index contributed by atoms with van der Waals surface area (Å²) in [6.07, 6.45) is 9.44. The molecule has 0 aliphatic heterocycles. The molecule has 1 aromatic heterocycles. The number of para-hydroxylation sites is 1. The van der Waals surface area contributed by atoms with E-state index in [4.69, 9.17) is 10.5 Å². The summed E-state index contributed by atoms with van der Waals surface area (Å²) in [6.45, 7) is 3.46. The Bertz CT molecular complexity index is 554. The topological polar surface area (TPSA) is 48.1 Å². The van der Waals surface area contributed by atoms with Crippen LogP contribution in [0, 0.1) is 0 Å². The van der Waals surface area contributed by atoms with Crippen molar-refractivity contribution < 1.29 is 4.74 Å². The third-order valence-corrected chi connectivity index (χ3v) is 3.76. The Morgan fingerprint density at radius 3 is 2.62 bits per heavy atom. The number of ether oxygens (including phenoxy) is 1. The third-order valence-electron chi connectivity index (χ3n) is 3.76. The molecule has 21 heavy (non-hydrogen) atoms. The fourth-order valence-corrected chi connectivity index (χ4v) is 2.53. The molecule has 0 aliphatic rings. The molecule has 0 aliphatic carbocycles. The molecule has 0 atom stereocenters. The summed E-state index contributed by atoms with van der Waals surface area (Å²) in [5.41, 5.74) is 7.76. The summed E-state index contributed by atoms with van der Waals surface area (Å²) in [4.78, 5) is 4.43. The lowest BCUT2D eigenvalue weighted by atomic mass is 10.1. The van der Waals surface area contributed by atoms with Crippen molar-refractivity contribution in [3.63, 3.8) is 0 Å². The molecule has 0 radical (unpaired) electrons. The lowest BCUT2D eigenvalue weighted by molar-refractivity contribution is 0.305. The number of benzene rings is 1. The van der Waals surface area contributed by atoms with Gasteiger partial charge in [-0.25, -0.2) is 0 Å². The molecular formula is C18H26N2O. The number of hydrogen-bond acceptors (Lipinski definition) is 3. The van der Waals surface area contributed by atoms with Crippen LogP contribution in [0.3, 0.4) is 0 Å². The van der Waals surface area contributed by atoms with E-state index in [-0.39, 0.29) is 0 Å². The predicted molar refractivity (Wildman–Crippen MR) is 88.5 cm³/mol. The van der Waals surface area contributed by atoms with E-state index in [1.165, 1.54) is 32.1 Å². The Morgan fingerprint density at radius 1 is 1.05 bits per heavy atom. The van der Waals surface area contributed by atoms with Gasteiger partial charge in [-0.15, -0.1) is 0 Å². The van der Waals surface area contributed by atoms with Gasteiger partial charge >= 0.3 is 0 Å². The second-order valence-corrected chi connectivity index (χ2v) is 5.45. The molecule has 2 N–H and O–H groups in total. The molecule has 2 rings (SSSR count). The van der Waals surface area contributed by atoms with Crippen molar-refractivity contribution in [2.24, 2.45) is 5.73 Å². The first-order valence-electron chi connectivity index (χ1n) is 8.06. The second-order valence-electron chi connectivity index (χ2n) is 5.45. The largest absolute Gasteiger partial charge is 0.492 e. The number of unbranched alkanes of at least 4 members (excludes halogenated alkanes) is 5. The zero-order valence-electron chi connectivity index (χ0n) is 13.0. The minimum absolute atomic E-state index is 0.462. The molecule has 0 saturated carbocycles. The molecule has 1 heterocycles. The summed E-state index contributed by atoms with van der Waals surface area (Å²) in [6, 6.07) is 8.07. The van der Waals surface area contributed by atoms with Gasteiger partial charge in [-0.1, -0.05) is 51.2 Å². The Hall–Kier alpha value is -1.61. The normalized spacial score (nSPS) is 11.0. The van der Waals surface area contributed by atoms with Gasteiger partial charge in [0.05, 0.1) is 12.1 Å². The highest BCUT2D eigenvalue weighted by molar-refractivity contribution is 5.86. The maximum absolute atomic E-state index is 6.03. The zero-order chi connectivity index (χ0) is 14.9. The molecule has 0 unspecified atom stereocenters. The van der Waals surface area contributed by atoms with E-state index >= 15 is 0 Å². The fraction of sp³-hybridized carbons (Fsp3) is 0.500. The van der Waals surface area contributed by atoms with Gasteiger partial charge < -0.3 is 10.5 Å². The van der Waals surface area contributed by atoms with E-state index in [0.717, 1.165) is 35.2 Å². The molecule has 3 heteroatoms. The summed E-state index contributed by atoms with van der Waals surface area (Å²) in [7, 11) is 0. The lowest BCUT2D eigenvalue weighted by Crippen LogP contribution is -2.05. The monoisotopic (exact) mass is 286 g/mol. The molecule has 3 nitrogen and oxygen atoms in total. The van der Waals surface area contributed by atoms with Gasteiger partial charge in [0.25, 0.3) is 0 Å². The number of nitrogens with two attached hydrogens (primary N) is 1. The summed E-state index contributed by atoms with van der Waals surface area (Å²) in [5.74, 6) is 0.914. The molecule has 1 aromatic carbocycles. The zero-order valence-corrected chi connectivity index (χ0v) is 13.0. The SMILES string of the molecule is CCCCCCCCOc1c(CN)cnc2ccccc12. The standard InChI is InChI=1S/C18H26N2O/c1-2-3-4-5-6-9-12-21-18-15(13-19)14-20-17-11-8-7-10-16(17)18/h7-8,10-11,14H,2-6,9,12-13,19H2,1H3. The summed E-state index contributed by atoms with van der Waals surface area (Å²) in [5, 5.41) is 1.06. The van der Waals surface area contributed by atoms with Crippen molar-refractivity contribution in [2.45, 2.75) is 52.0 Å². The number of nitrogens with zero attached hydrogens (tertiary/aromatic N) is 1. The quantitative estimate of drug-likeness (QED) is 0.694. The maximum atomic E-state index is 6.03. The number of hydrogen-bond donors (Lipinski definition) is 1. The van der Waals surface area contributed by atoms with Crippen molar-refractivity contribution in [3.8, 4) is 5.75 Å². The summed E-state index contributed by atoms with van der Waals surface area (Å²) < 4.78 is 6.03. The summed E-state index contributed by atoms with van der Waals surface area (Å²) >= 11 is 0. The van der Waals surface area contributed by atoms with Crippen LogP contribution in [0.2, 0.25) is 0 Å². The Labute approximate surface area is 127 Å². The number of fused-ring (bicyclic) bond motifs is 1. The van der Waals surface area contributed by atoms with Gasteiger partial charge in [0.1, 0.15) is 5.75 Å². The average molecular weight is 286 g/mol. The van der Waals surface area contributed by atoms with E-state index in [2.05, 4.69) is 18.0 Å². The highest BCUT2D eigenvalue weighted by Crippen LogP contribution is 2.28. The van der Waals surface area contributed by atoms with Crippen LogP contribution >= 0.6 is 0 Å². The minimum atomic E-state index is 0.462. The van der Waals surface area contributed by atoms with Crippen LogP contribution in [-0.4, -0.2) is 11.6 Å². The lowest BCUT2D eigenvalue weighted by Gasteiger charge is -2.13. The van der Waals surface area contributed by atoms with Gasteiger partial charge in [-0.2, -0.15) is 0 Å². The van der Waals surface area contributed by atoms with Crippen LogP contribution in [0.4, 0.5) is 0 Å². The maximum Gasteiger partial charge on any atom is 0.134 e. The predicted octanol–water partition coefficient (Wildman–Crippen LogP) is 4.43. The number of pyridine rings is 1. The van der Waals surface area contributed by atoms with Gasteiger partial charge in [0, 0.05) is 23.7 Å². The van der Waals surface area contributed by atoms with Crippen LogP contribution in [-0.2, 0) is 6.54 Å². The first kappa shape index (κ1) is 15.8. The molecule has 0 bridgehead atoms. The molecule has 0 fully saturated rings. The third kappa shape index (κ3) is 4.43. The van der Waals surface area contributed by atoms with Crippen LogP contribution < -0.4 is 10.5 Å². The van der Waals surface area contributed by atoms with Crippen molar-refractivity contribution in [1.82, 2.24) is 4.98 Å². The van der Waals surface area contributed by atoms with Crippen molar-refractivity contribution in [3.05, 3.63) is 36.0 Å². The first-order chi connectivity index (χ1) is 10.4. The van der Waals surface area contributed by atoms with Crippen LogP contribution in [0.15, 0.2) is 30.5 Å². The van der Waals surface area contributed by atoms with E-state index in [9.17, 15) is 0 Å². The Kier molecular flexibility index (Phi) is 6.48. The van der Waals surface area contributed by atoms with Crippen molar-refractivity contribution >= 4 is 10.9 Å². The van der Waals surface area contributed by atoms with Gasteiger partial charge in [0.15, 0.2) is 0 Å². The molecule has 114 valence electrons. The van der Waals surface area contributed by atoms with E-state index in [0.29, 0.717) is 6.54 Å². The second kappa shape index (κ2) is 8.63. The van der Waals surface area contributed by atoms with Crippen molar-refractivity contribution in [2.75, 3.05) is 6.61 Å². The van der Waals surface area contributed by atoms with E-state index in [1.54, 1.807) is 0 Å². The number of rotatable bonds is 9. The van der Waals surface area contributed by atoms with Crippen LogP contribution in [0.1, 0.15) is 51.0 Å². The Balaban J connectivity index is 1.94. The van der Waals surface area contributed by atoms with Crippen molar-refractivity contribution in [1.29, 1.82) is 0 Å². The van der Waals surface area contributed by atoms with E-state index < -0.39 is 0 Å². The first-order valence-corrected chi connectivity index (χ1v) is 8.06. The fourth-order valence-electron chi connectivity index (χ4n) is 2.53. The van der Waals surface area contributed by atoms with Gasteiger partial charge in [0.2, 0.25) is 0 Å². The average Bonchev–Trinajstić information content (AvgIpc) is 2.54. The molecule has 2 aromatic rings. The molecule has 0 amide bonds. The minimum Gasteiger partial charge on any atom is -0.492 e. The highest BCUT2D eigenvalue weighted by atomic mass is 16.5. The number of aromatic nitrogens is 1. The molecule has 0 spiro atoms. The van der Waals surface area contributed by atoms with Crippen LogP contribution in [0.25, 0.3) is 10.9 Å². The smallest absolute Gasteiger partial charge is 0.134 e. The van der Waals surface area contributed by atoms with Gasteiger partial charge in [-0.3, -0.25) is 4.98 Å².